The number of fused-ring (bicyclic) bond motifs is 5. The fourth-order valence-corrected chi connectivity index (χ4v) is 10.1. The summed E-state index contributed by atoms with van der Waals surface area (Å²) in [5.41, 5.74) is 7.61. The van der Waals surface area contributed by atoms with Gasteiger partial charge in [-0.3, -0.25) is 0 Å². The minimum Gasteiger partial charge on any atom is -0.456 e. The average Bonchev–Trinajstić information content (AvgIpc) is 3.57. The van der Waals surface area contributed by atoms with Gasteiger partial charge in [-0.25, -0.2) is 8.78 Å². The largest absolute Gasteiger partial charge is 0.456 e. The molecule has 7 aromatic rings. The van der Waals surface area contributed by atoms with Crippen molar-refractivity contribution in [3.63, 3.8) is 0 Å². The van der Waals surface area contributed by atoms with E-state index >= 15 is 0 Å². The summed E-state index contributed by atoms with van der Waals surface area (Å²) in [6.07, 6.45) is 0. The van der Waals surface area contributed by atoms with Gasteiger partial charge >= 0.3 is 0 Å². The van der Waals surface area contributed by atoms with Crippen LogP contribution in [0.3, 0.4) is 0 Å². The summed E-state index contributed by atoms with van der Waals surface area (Å²) in [5.74, 6) is 0.380. The van der Waals surface area contributed by atoms with E-state index in [0.29, 0.717) is 0 Å². The molecule has 224 valence electrons. The molecule has 0 saturated carbocycles. The smallest absolute Gasteiger partial charge is 0.135 e. The first-order valence-electron chi connectivity index (χ1n) is 15.3. The number of furan rings is 1. The van der Waals surface area contributed by atoms with Gasteiger partial charge in [-0.15, -0.1) is 0 Å². The average molecular weight is 621 g/mol. The molecular weight excluding hydrogens is 591 g/mol. The monoisotopic (exact) mass is 620 g/mol. The summed E-state index contributed by atoms with van der Waals surface area (Å²) < 4.78 is 34.6. The van der Waals surface area contributed by atoms with Crippen molar-refractivity contribution in [3.05, 3.63) is 157 Å². The number of rotatable bonds is 6. The van der Waals surface area contributed by atoms with Gasteiger partial charge in [0.25, 0.3) is 0 Å². The molecule has 46 heavy (non-hydrogen) atoms. The van der Waals surface area contributed by atoms with Crippen LogP contribution in [0, 0.1) is 11.6 Å². The van der Waals surface area contributed by atoms with Gasteiger partial charge in [0.1, 0.15) is 31.1 Å². The lowest BCUT2D eigenvalue weighted by Crippen LogP contribution is -2.49. The molecule has 0 fully saturated rings. The van der Waals surface area contributed by atoms with Crippen LogP contribution < -0.4 is 20.2 Å². The molecule has 3 nitrogen and oxygen atoms in total. The second kappa shape index (κ2) is 10.9. The van der Waals surface area contributed by atoms with Gasteiger partial charge in [0.15, 0.2) is 0 Å². The van der Waals surface area contributed by atoms with Crippen molar-refractivity contribution in [1.29, 1.82) is 0 Å². The van der Waals surface area contributed by atoms with Crippen LogP contribution in [0.1, 0.15) is 0 Å². The predicted octanol–water partition coefficient (Wildman–Crippen LogP) is 10.5. The number of halogens is 2. The number of hydrogen-bond acceptors (Lipinski definition) is 3. The van der Waals surface area contributed by atoms with Crippen molar-refractivity contribution in [1.82, 2.24) is 0 Å². The number of anilines is 6. The standard InChI is InChI=1S/C40H30F2N2OSi/c1-46(2)38-24-22-34(44(30-11-7-4-8-12-30)32-19-15-28(42)16-20-32)26-36(38)39-40(46)35-25-33(21-23-37(35)45-39)43(29-9-5-3-6-10-29)31-17-13-27(41)14-18-31/h3-26H,1-2H3. The van der Waals surface area contributed by atoms with Crippen LogP contribution in [0.5, 0.6) is 0 Å². The van der Waals surface area contributed by atoms with E-state index in [2.05, 4.69) is 77.5 Å². The highest BCUT2D eigenvalue weighted by molar-refractivity contribution is 7.05. The lowest BCUT2D eigenvalue weighted by molar-refractivity contribution is 0.627. The normalized spacial score (nSPS) is 13.0. The van der Waals surface area contributed by atoms with Crippen LogP contribution in [0.4, 0.5) is 42.9 Å². The predicted molar refractivity (Wildman–Crippen MR) is 188 cm³/mol. The Hall–Kier alpha value is -5.46. The van der Waals surface area contributed by atoms with Crippen LogP contribution in [0.25, 0.3) is 22.3 Å². The third-order valence-electron chi connectivity index (χ3n) is 8.93. The molecule has 6 aromatic carbocycles. The molecular formula is C40H30F2N2OSi. The molecule has 1 aromatic heterocycles. The first kappa shape index (κ1) is 28.0. The molecule has 0 unspecified atom stereocenters. The molecule has 0 N–H and O–H groups in total. The first-order valence-corrected chi connectivity index (χ1v) is 18.3. The van der Waals surface area contributed by atoms with Crippen molar-refractivity contribution < 1.29 is 13.2 Å². The molecule has 1 aliphatic heterocycles. The highest BCUT2D eigenvalue weighted by Crippen LogP contribution is 2.42. The Morgan fingerprint density at radius 1 is 0.500 bits per heavy atom. The Balaban J connectivity index is 1.28. The fraction of sp³-hybridized carbons (Fsp3) is 0.0500. The lowest BCUT2D eigenvalue weighted by atomic mass is 10.1. The molecule has 0 radical (unpaired) electrons. The van der Waals surface area contributed by atoms with Crippen LogP contribution >= 0.6 is 0 Å². The van der Waals surface area contributed by atoms with Gasteiger partial charge in [0.05, 0.1) is 0 Å². The summed E-state index contributed by atoms with van der Waals surface area (Å²) in [5, 5.41) is 3.70. The van der Waals surface area contributed by atoms with E-state index in [0.717, 1.165) is 56.4 Å². The van der Waals surface area contributed by atoms with Gasteiger partial charge in [0, 0.05) is 45.1 Å². The molecule has 0 spiro atoms. The van der Waals surface area contributed by atoms with Crippen molar-refractivity contribution in [2.75, 3.05) is 9.80 Å². The number of nitrogens with zero attached hydrogens (tertiary/aromatic N) is 2. The highest BCUT2D eigenvalue weighted by Gasteiger charge is 2.42. The number of benzene rings is 6. The molecule has 0 bridgehead atoms. The van der Waals surface area contributed by atoms with Crippen molar-refractivity contribution in [2.24, 2.45) is 0 Å². The third kappa shape index (κ3) is 4.61. The van der Waals surface area contributed by atoms with Crippen LogP contribution in [0.2, 0.25) is 13.1 Å². The Morgan fingerprint density at radius 2 is 0.957 bits per heavy atom. The zero-order chi connectivity index (χ0) is 31.4. The maximum Gasteiger partial charge on any atom is 0.135 e. The van der Waals surface area contributed by atoms with E-state index in [1.807, 2.05) is 66.7 Å². The minimum atomic E-state index is -2.17. The van der Waals surface area contributed by atoms with E-state index in [9.17, 15) is 8.78 Å². The van der Waals surface area contributed by atoms with Gasteiger partial charge < -0.3 is 14.2 Å². The van der Waals surface area contributed by atoms with E-state index in [-0.39, 0.29) is 11.6 Å². The highest BCUT2D eigenvalue weighted by atomic mass is 28.3. The van der Waals surface area contributed by atoms with Gasteiger partial charge in [-0.2, -0.15) is 0 Å². The zero-order valence-corrected chi connectivity index (χ0v) is 26.4. The second-order valence-corrected chi connectivity index (χ2v) is 16.4. The Morgan fingerprint density at radius 3 is 1.50 bits per heavy atom. The van der Waals surface area contributed by atoms with Crippen LogP contribution in [-0.4, -0.2) is 8.07 Å². The van der Waals surface area contributed by atoms with Gasteiger partial charge in [-0.05, 0) is 114 Å². The summed E-state index contributed by atoms with van der Waals surface area (Å²) in [6, 6.07) is 46.4. The molecule has 0 amide bonds. The quantitative estimate of drug-likeness (QED) is 0.173. The summed E-state index contributed by atoms with van der Waals surface area (Å²) in [6.45, 7) is 4.76. The molecule has 0 aliphatic carbocycles. The van der Waals surface area contributed by atoms with E-state index in [1.54, 1.807) is 0 Å². The van der Waals surface area contributed by atoms with E-state index in [4.69, 9.17) is 4.42 Å². The number of para-hydroxylation sites is 2. The lowest BCUT2D eigenvalue weighted by Gasteiger charge is -2.27. The van der Waals surface area contributed by atoms with E-state index in [1.165, 1.54) is 34.6 Å². The molecule has 8 rings (SSSR count). The summed E-state index contributed by atoms with van der Waals surface area (Å²) in [4.78, 5) is 4.29. The number of hydrogen-bond donors (Lipinski definition) is 0. The maximum atomic E-state index is 13.9. The maximum absolute atomic E-state index is 13.9. The van der Waals surface area contributed by atoms with Crippen molar-refractivity contribution >= 4 is 63.5 Å². The summed E-state index contributed by atoms with van der Waals surface area (Å²) in [7, 11) is -2.17. The van der Waals surface area contributed by atoms with Gasteiger partial charge in [0.2, 0.25) is 0 Å². The van der Waals surface area contributed by atoms with Crippen LogP contribution in [0.15, 0.2) is 150 Å². The van der Waals surface area contributed by atoms with E-state index < -0.39 is 8.07 Å². The Bertz CT molecular complexity index is 2200. The molecule has 6 heteroatoms. The Kier molecular flexibility index (Phi) is 6.62. The molecule has 1 aliphatic rings. The summed E-state index contributed by atoms with van der Waals surface area (Å²) >= 11 is 0. The zero-order valence-electron chi connectivity index (χ0n) is 25.4. The molecule has 0 saturated heterocycles. The fourth-order valence-electron chi connectivity index (χ4n) is 6.80. The SMILES string of the molecule is C[Si]1(C)c2ccc(N(c3ccccc3)c3ccc(F)cc3)cc2-c2oc3ccc(N(c4ccccc4)c4ccc(F)cc4)cc3c21. The minimum absolute atomic E-state index is 0.269. The molecule has 2 heterocycles. The van der Waals surface area contributed by atoms with Crippen molar-refractivity contribution in [2.45, 2.75) is 13.1 Å². The third-order valence-corrected chi connectivity index (χ3v) is 12.5. The second-order valence-electron chi connectivity index (χ2n) is 12.1. The molecule has 0 atom stereocenters. The van der Waals surface area contributed by atoms with Crippen molar-refractivity contribution in [3.8, 4) is 11.3 Å². The van der Waals surface area contributed by atoms with Gasteiger partial charge in [-0.1, -0.05) is 55.6 Å². The topological polar surface area (TPSA) is 19.6 Å². The Labute approximate surface area is 267 Å². The van der Waals surface area contributed by atoms with Crippen LogP contribution in [-0.2, 0) is 0 Å². The first-order chi connectivity index (χ1) is 22.4.